The standard InChI is InChI=1S/C15H14ClNO4/c1-9-13(17(19)20)4-3-5-14(9)21-15-7-6-11(10(2)18)8-12(15)16/h3-8,10,18H,1-2H3/t10-/m1/s1. The number of halogens is 1. The highest BCUT2D eigenvalue weighted by molar-refractivity contribution is 6.32. The first-order valence-electron chi connectivity index (χ1n) is 6.29. The summed E-state index contributed by atoms with van der Waals surface area (Å²) in [5, 5.41) is 20.7. The van der Waals surface area contributed by atoms with Gasteiger partial charge in [-0.05, 0) is 37.6 Å². The van der Waals surface area contributed by atoms with Crippen LogP contribution in [0.3, 0.4) is 0 Å². The SMILES string of the molecule is Cc1c(Oc2ccc([C@@H](C)O)cc2Cl)cccc1[N+](=O)[O-]. The normalized spacial score (nSPS) is 12.0. The highest BCUT2D eigenvalue weighted by Gasteiger charge is 2.16. The third kappa shape index (κ3) is 3.32. The average Bonchev–Trinajstić information content (AvgIpc) is 2.42. The minimum Gasteiger partial charge on any atom is -0.455 e. The molecule has 0 aliphatic heterocycles. The van der Waals surface area contributed by atoms with Crippen molar-refractivity contribution in [2.75, 3.05) is 0 Å². The maximum Gasteiger partial charge on any atom is 0.276 e. The molecule has 0 saturated heterocycles. The maximum atomic E-state index is 10.9. The zero-order chi connectivity index (χ0) is 15.6. The second kappa shape index (κ2) is 6.11. The van der Waals surface area contributed by atoms with Crippen LogP contribution in [-0.4, -0.2) is 10.0 Å². The van der Waals surface area contributed by atoms with Gasteiger partial charge in [-0.25, -0.2) is 0 Å². The minimum absolute atomic E-state index is 0.00998. The van der Waals surface area contributed by atoms with Gasteiger partial charge in [0, 0.05) is 6.07 Å². The minimum atomic E-state index is -0.629. The third-order valence-electron chi connectivity index (χ3n) is 3.11. The summed E-state index contributed by atoms with van der Waals surface area (Å²) in [7, 11) is 0. The van der Waals surface area contributed by atoms with Crippen molar-refractivity contribution in [3.63, 3.8) is 0 Å². The van der Waals surface area contributed by atoms with Crippen LogP contribution in [0.1, 0.15) is 24.2 Å². The molecule has 110 valence electrons. The summed E-state index contributed by atoms with van der Waals surface area (Å²) < 4.78 is 5.65. The molecule has 1 N–H and O–H groups in total. The summed E-state index contributed by atoms with van der Waals surface area (Å²) in [4.78, 5) is 10.5. The quantitative estimate of drug-likeness (QED) is 0.671. The summed E-state index contributed by atoms with van der Waals surface area (Å²) >= 11 is 6.11. The molecule has 6 heteroatoms. The first-order valence-corrected chi connectivity index (χ1v) is 6.67. The molecule has 0 aliphatic carbocycles. The molecule has 21 heavy (non-hydrogen) atoms. The van der Waals surface area contributed by atoms with Crippen molar-refractivity contribution in [1.82, 2.24) is 0 Å². The van der Waals surface area contributed by atoms with Crippen LogP contribution in [0.2, 0.25) is 5.02 Å². The maximum absolute atomic E-state index is 10.9. The van der Waals surface area contributed by atoms with Crippen LogP contribution < -0.4 is 4.74 Å². The van der Waals surface area contributed by atoms with Crippen molar-refractivity contribution < 1.29 is 14.8 Å². The second-order valence-corrected chi connectivity index (χ2v) is 5.03. The largest absolute Gasteiger partial charge is 0.455 e. The molecule has 2 aromatic carbocycles. The molecule has 2 aromatic rings. The summed E-state index contributed by atoms with van der Waals surface area (Å²) in [6.07, 6.45) is -0.629. The Labute approximate surface area is 126 Å². The molecule has 0 heterocycles. The molecule has 0 bridgehead atoms. The number of ether oxygens (including phenoxy) is 1. The molecule has 0 spiro atoms. The van der Waals surface area contributed by atoms with Crippen molar-refractivity contribution in [1.29, 1.82) is 0 Å². The monoisotopic (exact) mass is 307 g/mol. The zero-order valence-corrected chi connectivity index (χ0v) is 12.3. The first kappa shape index (κ1) is 15.3. The van der Waals surface area contributed by atoms with E-state index in [2.05, 4.69) is 0 Å². The Morgan fingerprint density at radius 1 is 1.29 bits per heavy atom. The summed E-state index contributed by atoms with van der Waals surface area (Å²) in [6.45, 7) is 3.25. The van der Waals surface area contributed by atoms with Gasteiger partial charge in [0.25, 0.3) is 5.69 Å². The molecule has 0 aromatic heterocycles. The van der Waals surface area contributed by atoms with Gasteiger partial charge in [-0.3, -0.25) is 10.1 Å². The molecule has 5 nitrogen and oxygen atoms in total. The van der Waals surface area contributed by atoms with Crippen molar-refractivity contribution in [3.05, 3.63) is 62.7 Å². The number of hydrogen-bond acceptors (Lipinski definition) is 4. The number of aliphatic hydroxyl groups is 1. The van der Waals surface area contributed by atoms with Crippen LogP contribution in [0.5, 0.6) is 11.5 Å². The average molecular weight is 308 g/mol. The highest BCUT2D eigenvalue weighted by atomic mass is 35.5. The lowest BCUT2D eigenvalue weighted by molar-refractivity contribution is -0.385. The molecule has 0 radical (unpaired) electrons. The van der Waals surface area contributed by atoms with E-state index in [1.165, 1.54) is 6.07 Å². The predicted molar refractivity (Wildman–Crippen MR) is 80.0 cm³/mol. The Balaban J connectivity index is 2.35. The van der Waals surface area contributed by atoms with Crippen LogP contribution >= 0.6 is 11.6 Å². The van der Waals surface area contributed by atoms with Gasteiger partial charge in [0.1, 0.15) is 11.5 Å². The number of nitrogens with zero attached hydrogens (tertiary/aromatic N) is 1. The van der Waals surface area contributed by atoms with Gasteiger partial charge in [-0.1, -0.05) is 23.7 Å². The lowest BCUT2D eigenvalue weighted by atomic mass is 10.1. The summed E-state index contributed by atoms with van der Waals surface area (Å²) in [5.41, 5.74) is 1.09. The number of aliphatic hydroxyl groups excluding tert-OH is 1. The van der Waals surface area contributed by atoms with Gasteiger partial charge in [0.15, 0.2) is 0 Å². The van der Waals surface area contributed by atoms with E-state index in [0.29, 0.717) is 27.6 Å². The van der Waals surface area contributed by atoms with Gasteiger partial charge in [0.05, 0.1) is 21.6 Å². The Morgan fingerprint density at radius 3 is 2.57 bits per heavy atom. The van der Waals surface area contributed by atoms with Crippen LogP contribution in [0.4, 0.5) is 5.69 Å². The van der Waals surface area contributed by atoms with E-state index >= 15 is 0 Å². The van der Waals surface area contributed by atoms with E-state index in [1.54, 1.807) is 44.2 Å². The molecule has 0 fully saturated rings. The van der Waals surface area contributed by atoms with Gasteiger partial charge >= 0.3 is 0 Å². The fraction of sp³-hybridized carbons (Fsp3) is 0.200. The van der Waals surface area contributed by atoms with Crippen LogP contribution in [0.15, 0.2) is 36.4 Å². The van der Waals surface area contributed by atoms with E-state index in [9.17, 15) is 15.2 Å². The van der Waals surface area contributed by atoms with E-state index in [-0.39, 0.29) is 5.69 Å². The number of benzene rings is 2. The van der Waals surface area contributed by atoms with Gasteiger partial charge in [-0.2, -0.15) is 0 Å². The Hall–Kier alpha value is -2.11. The Kier molecular flexibility index (Phi) is 4.45. The van der Waals surface area contributed by atoms with Crippen LogP contribution in [0, 0.1) is 17.0 Å². The zero-order valence-electron chi connectivity index (χ0n) is 11.5. The van der Waals surface area contributed by atoms with Crippen molar-refractivity contribution in [2.24, 2.45) is 0 Å². The third-order valence-corrected chi connectivity index (χ3v) is 3.41. The fourth-order valence-corrected chi connectivity index (χ4v) is 2.12. The highest BCUT2D eigenvalue weighted by Crippen LogP contribution is 2.35. The second-order valence-electron chi connectivity index (χ2n) is 4.63. The number of hydrogen-bond donors (Lipinski definition) is 1. The topological polar surface area (TPSA) is 72.6 Å². The van der Waals surface area contributed by atoms with Crippen molar-refractivity contribution >= 4 is 17.3 Å². The smallest absolute Gasteiger partial charge is 0.276 e. The lowest BCUT2D eigenvalue weighted by Crippen LogP contribution is -1.96. The van der Waals surface area contributed by atoms with Gasteiger partial charge in [-0.15, -0.1) is 0 Å². The van der Waals surface area contributed by atoms with E-state index in [4.69, 9.17) is 16.3 Å². The van der Waals surface area contributed by atoms with Gasteiger partial charge in [0.2, 0.25) is 0 Å². The first-order chi connectivity index (χ1) is 9.90. The van der Waals surface area contributed by atoms with Crippen molar-refractivity contribution in [2.45, 2.75) is 20.0 Å². The van der Waals surface area contributed by atoms with Crippen molar-refractivity contribution in [3.8, 4) is 11.5 Å². The van der Waals surface area contributed by atoms with E-state index in [0.717, 1.165) is 0 Å². The summed E-state index contributed by atoms with van der Waals surface area (Å²) in [5.74, 6) is 0.751. The fourth-order valence-electron chi connectivity index (χ4n) is 1.89. The van der Waals surface area contributed by atoms with E-state index in [1.807, 2.05) is 0 Å². The number of nitro groups is 1. The summed E-state index contributed by atoms with van der Waals surface area (Å²) in [6, 6.07) is 9.54. The van der Waals surface area contributed by atoms with Gasteiger partial charge < -0.3 is 9.84 Å². The number of nitro benzene ring substituents is 1. The predicted octanol–water partition coefficient (Wildman–Crippen LogP) is 4.40. The van der Waals surface area contributed by atoms with Crippen LogP contribution in [-0.2, 0) is 0 Å². The molecule has 1 atom stereocenters. The Bertz CT molecular complexity index is 685. The molecule has 2 rings (SSSR count). The number of rotatable bonds is 4. The lowest BCUT2D eigenvalue weighted by Gasteiger charge is -2.12. The molecular weight excluding hydrogens is 294 g/mol. The molecule has 0 unspecified atom stereocenters. The van der Waals surface area contributed by atoms with E-state index < -0.39 is 11.0 Å². The molecule has 0 aliphatic rings. The molecule has 0 amide bonds. The van der Waals surface area contributed by atoms with Crippen LogP contribution in [0.25, 0.3) is 0 Å². The molecule has 0 saturated carbocycles. The molecular formula is C15H14ClNO4. The Morgan fingerprint density at radius 2 is 2.00 bits per heavy atom.